The lowest BCUT2D eigenvalue weighted by Gasteiger charge is -2.27. The number of benzene rings is 1. The highest BCUT2D eigenvalue weighted by atomic mass is 35.5. The monoisotopic (exact) mass is 448 g/mol. The Labute approximate surface area is 186 Å². The summed E-state index contributed by atoms with van der Waals surface area (Å²) in [7, 11) is 0. The Bertz CT molecular complexity index is 1010. The van der Waals surface area contributed by atoms with Crippen molar-refractivity contribution in [2.75, 3.05) is 18.0 Å². The number of aromatic nitrogens is 2. The van der Waals surface area contributed by atoms with Gasteiger partial charge in [-0.2, -0.15) is 0 Å². The highest BCUT2D eigenvalue weighted by molar-refractivity contribution is 6.38. The second kappa shape index (κ2) is 10.1. The number of anilines is 1. The number of carbonyl (C=O) groups excluding carboxylic acids is 1. The number of nitrogens with one attached hydrogen (secondary N) is 1. The maximum absolute atomic E-state index is 12.4. The Kier molecular flexibility index (Phi) is 7.56. The molecule has 0 radical (unpaired) electrons. The van der Waals surface area contributed by atoms with Gasteiger partial charge in [0.15, 0.2) is 0 Å². The second-order valence-electron chi connectivity index (χ2n) is 7.55. The predicted octanol–water partition coefficient (Wildman–Crippen LogP) is 5.26. The largest absolute Gasteiger partial charge is 0.467 e. The summed E-state index contributed by atoms with van der Waals surface area (Å²) in [5.41, 5.74) is 0.680. The van der Waals surface area contributed by atoms with Crippen LogP contribution in [0.15, 0.2) is 34.9 Å². The third kappa shape index (κ3) is 5.64. The first-order valence-electron chi connectivity index (χ1n) is 10.1. The smallest absolute Gasteiger partial charge is 0.222 e. The van der Waals surface area contributed by atoms with Gasteiger partial charge in [-0.3, -0.25) is 4.79 Å². The predicted molar refractivity (Wildman–Crippen MR) is 121 cm³/mol. The van der Waals surface area contributed by atoms with E-state index in [0.717, 1.165) is 23.5 Å². The summed E-state index contributed by atoms with van der Waals surface area (Å²) in [5.74, 6) is 2.51. The second-order valence-corrected chi connectivity index (χ2v) is 8.39. The molecule has 1 aromatic carbocycles. The molecule has 6 nitrogen and oxygen atoms in total. The molecule has 8 heteroatoms. The molecule has 160 valence electrons. The summed E-state index contributed by atoms with van der Waals surface area (Å²) < 4.78 is 5.26. The maximum atomic E-state index is 12.4. The van der Waals surface area contributed by atoms with E-state index in [-0.39, 0.29) is 5.91 Å². The minimum Gasteiger partial charge on any atom is -0.467 e. The van der Waals surface area contributed by atoms with E-state index in [0.29, 0.717) is 53.2 Å². The number of rotatable bonds is 9. The molecule has 1 N–H and O–H groups in total. The number of furan rings is 1. The Morgan fingerprint density at radius 3 is 2.73 bits per heavy atom. The van der Waals surface area contributed by atoms with Crippen LogP contribution in [-0.2, 0) is 17.8 Å². The van der Waals surface area contributed by atoms with Gasteiger partial charge in [-0.1, -0.05) is 44.0 Å². The molecule has 0 bridgehead atoms. The fourth-order valence-electron chi connectivity index (χ4n) is 3.23. The maximum Gasteiger partial charge on any atom is 0.222 e. The lowest BCUT2D eigenvalue weighted by atomic mass is 10.1. The fourth-order valence-corrected chi connectivity index (χ4v) is 3.77. The topological polar surface area (TPSA) is 71.3 Å². The molecule has 2 aromatic heterocycles. The van der Waals surface area contributed by atoms with Crippen molar-refractivity contribution >= 4 is 45.8 Å². The van der Waals surface area contributed by atoms with Crippen LogP contribution < -0.4 is 10.2 Å². The van der Waals surface area contributed by atoms with E-state index in [1.54, 1.807) is 18.4 Å². The van der Waals surface area contributed by atoms with Crippen LogP contribution in [0.4, 0.5) is 5.82 Å². The van der Waals surface area contributed by atoms with Crippen LogP contribution in [0.3, 0.4) is 0 Å². The third-order valence-corrected chi connectivity index (χ3v) is 5.10. The summed E-state index contributed by atoms with van der Waals surface area (Å²) in [6, 6.07) is 7.16. The van der Waals surface area contributed by atoms with Crippen molar-refractivity contribution in [1.29, 1.82) is 0 Å². The quantitative estimate of drug-likeness (QED) is 0.483. The van der Waals surface area contributed by atoms with Crippen molar-refractivity contribution in [3.8, 4) is 0 Å². The lowest BCUT2D eigenvalue weighted by Crippen LogP contribution is -2.34. The zero-order valence-corrected chi connectivity index (χ0v) is 18.9. The van der Waals surface area contributed by atoms with Gasteiger partial charge in [-0.05, 0) is 30.2 Å². The zero-order valence-electron chi connectivity index (χ0n) is 17.4. The van der Waals surface area contributed by atoms with Crippen molar-refractivity contribution in [2.45, 2.75) is 40.2 Å². The molecule has 0 aliphatic carbocycles. The fraction of sp³-hybridized carbons (Fsp3) is 0.409. The van der Waals surface area contributed by atoms with Gasteiger partial charge in [0.2, 0.25) is 5.91 Å². The van der Waals surface area contributed by atoms with E-state index >= 15 is 0 Å². The van der Waals surface area contributed by atoms with E-state index in [1.165, 1.54) is 0 Å². The number of amides is 1. The minimum atomic E-state index is -0.0507. The molecule has 0 fully saturated rings. The van der Waals surface area contributed by atoms with Gasteiger partial charge in [0.1, 0.15) is 17.4 Å². The van der Waals surface area contributed by atoms with Gasteiger partial charge in [0.05, 0.1) is 23.3 Å². The average molecular weight is 449 g/mol. The Morgan fingerprint density at radius 2 is 2.07 bits per heavy atom. The molecule has 0 unspecified atom stereocenters. The van der Waals surface area contributed by atoms with Gasteiger partial charge >= 0.3 is 0 Å². The molecule has 0 aliphatic rings. The SMILES string of the molecule is CCc1nc(N(CCC(=O)NCc2ccco2)CC(C)C)c2cc(Cl)cc(Cl)c2n1. The molecular formula is C22H26Cl2N4O2. The molecule has 30 heavy (non-hydrogen) atoms. The number of aryl methyl sites for hydroxylation is 1. The normalized spacial score (nSPS) is 11.3. The van der Waals surface area contributed by atoms with Crippen molar-refractivity contribution < 1.29 is 9.21 Å². The van der Waals surface area contributed by atoms with Crippen molar-refractivity contribution in [2.24, 2.45) is 5.92 Å². The number of halogens is 2. The molecule has 1 amide bonds. The molecule has 0 spiro atoms. The standard InChI is InChI=1S/C22H26Cl2N4O2/c1-4-19-26-21-17(10-15(23)11-18(21)24)22(27-19)28(13-14(2)3)8-7-20(29)25-12-16-6-5-9-30-16/h5-6,9-11,14H,4,7-8,12-13H2,1-3H3,(H,25,29). The van der Waals surface area contributed by atoms with Crippen LogP contribution in [0.5, 0.6) is 0 Å². The molecule has 0 saturated carbocycles. The van der Waals surface area contributed by atoms with Gasteiger partial charge < -0.3 is 14.6 Å². The van der Waals surface area contributed by atoms with Crippen LogP contribution >= 0.6 is 23.2 Å². The summed E-state index contributed by atoms with van der Waals surface area (Å²) in [6.07, 6.45) is 2.60. The molecule has 3 rings (SSSR count). The van der Waals surface area contributed by atoms with E-state index in [9.17, 15) is 4.79 Å². The molecule has 2 heterocycles. The highest BCUT2D eigenvalue weighted by Crippen LogP contribution is 2.32. The van der Waals surface area contributed by atoms with Gasteiger partial charge in [0, 0.05) is 36.3 Å². The van der Waals surface area contributed by atoms with Crippen molar-refractivity contribution in [3.63, 3.8) is 0 Å². The first kappa shape index (κ1) is 22.4. The molecule has 0 saturated heterocycles. The lowest BCUT2D eigenvalue weighted by molar-refractivity contribution is -0.121. The van der Waals surface area contributed by atoms with Gasteiger partial charge in [-0.15, -0.1) is 0 Å². The van der Waals surface area contributed by atoms with Crippen LogP contribution in [-0.4, -0.2) is 29.0 Å². The third-order valence-electron chi connectivity index (χ3n) is 4.59. The number of carbonyl (C=O) groups is 1. The van der Waals surface area contributed by atoms with Crippen LogP contribution in [0.25, 0.3) is 10.9 Å². The first-order valence-corrected chi connectivity index (χ1v) is 10.8. The van der Waals surface area contributed by atoms with Crippen molar-refractivity contribution in [1.82, 2.24) is 15.3 Å². The summed E-state index contributed by atoms with van der Waals surface area (Å²) >= 11 is 12.7. The summed E-state index contributed by atoms with van der Waals surface area (Å²) in [4.78, 5) is 23.9. The average Bonchev–Trinajstić information content (AvgIpc) is 3.22. The number of hydrogen-bond acceptors (Lipinski definition) is 5. The molecular weight excluding hydrogens is 423 g/mol. The number of hydrogen-bond donors (Lipinski definition) is 1. The summed E-state index contributed by atoms with van der Waals surface area (Å²) in [6.45, 7) is 7.90. The Morgan fingerprint density at radius 1 is 1.27 bits per heavy atom. The number of nitrogens with zero attached hydrogens (tertiary/aromatic N) is 3. The van der Waals surface area contributed by atoms with Crippen LogP contribution in [0, 0.1) is 5.92 Å². The molecule has 0 aliphatic heterocycles. The minimum absolute atomic E-state index is 0.0507. The number of fused-ring (bicyclic) bond motifs is 1. The van der Waals surface area contributed by atoms with Crippen LogP contribution in [0.2, 0.25) is 10.0 Å². The van der Waals surface area contributed by atoms with Crippen LogP contribution in [0.1, 0.15) is 38.8 Å². The summed E-state index contributed by atoms with van der Waals surface area (Å²) in [5, 5.41) is 4.71. The molecule has 0 atom stereocenters. The van der Waals surface area contributed by atoms with E-state index in [1.807, 2.05) is 19.1 Å². The van der Waals surface area contributed by atoms with Gasteiger partial charge in [0.25, 0.3) is 0 Å². The van der Waals surface area contributed by atoms with E-state index in [4.69, 9.17) is 32.6 Å². The highest BCUT2D eigenvalue weighted by Gasteiger charge is 2.19. The Hall–Kier alpha value is -2.31. The zero-order chi connectivity index (χ0) is 21.7. The van der Waals surface area contributed by atoms with E-state index in [2.05, 4.69) is 29.0 Å². The first-order chi connectivity index (χ1) is 14.4. The van der Waals surface area contributed by atoms with Crippen molar-refractivity contribution in [3.05, 3.63) is 52.2 Å². The van der Waals surface area contributed by atoms with Gasteiger partial charge in [-0.25, -0.2) is 9.97 Å². The Balaban J connectivity index is 1.85. The van der Waals surface area contributed by atoms with E-state index < -0.39 is 0 Å². The molecule has 3 aromatic rings.